The molecule has 1 heterocycles. The lowest BCUT2D eigenvalue weighted by molar-refractivity contribution is -0.0361. The van der Waals surface area contributed by atoms with Gasteiger partial charge in [-0.1, -0.05) is 15.9 Å². The Hall–Kier alpha value is -1.01. The topological polar surface area (TPSA) is 29.5 Å². The van der Waals surface area contributed by atoms with Gasteiger partial charge in [0.25, 0.3) is 5.91 Å². The smallest absolute Gasteiger partial charge is 0.254 e. The zero-order valence-electron chi connectivity index (χ0n) is 10.4. The molecular formula is C13H14BrF2NO2. The maximum absolute atomic E-state index is 13.2. The Morgan fingerprint density at radius 2 is 2.21 bits per heavy atom. The van der Waals surface area contributed by atoms with Crippen molar-refractivity contribution in [3.8, 4) is 0 Å². The number of morpholine rings is 1. The number of hydrogen-bond donors (Lipinski definition) is 0. The number of rotatable bonds is 2. The van der Waals surface area contributed by atoms with E-state index in [4.69, 9.17) is 4.74 Å². The number of nitrogens with zero attached hydrogens (tertiary/aromatic N) is 1. The standard InChI is InChI=1S/C13H14BrF2NO2/c1-8-7-19-10(5-14)6-17(8)13(18)9-2-3-11(15)12(16)4-9/h2-4,8,10H,5-7H2,1H3. The molecule has 0 N–H and O–H groups in total. The van der Waals surface area contributed by atoms with E-state index in [0.717, 1.165) is 12.1 Å². The molecule has 0 aliphatic carbocycles. The number of carbonyl (C=O) groups excluding carboxylic acids is 1. The summed E-state index contributed by atoms with van der Waals surface area (Å²) in [6, 6.07) is 3.11. The SMILES string of the molecule is CC1COC(CBr)CN1C(=O)c1ccc(F)c(F)c1. The number of alkyl halides is 1. The fourth-order valence-corrected chi connectivity index (χ4v) is 2.38. The third-order valence-electron chi connectivity index (χ3n) is 3.11. The average molecular weight is 334 g/mol. The Kier molecular flexibility index (Phi) is 4.52. The molecule has 1 aromatic carbocycles. The summed E-state index contributed by atoms with van der Waals surface area (Å²) in [6.07, 6.45) is -0.0783. The molecule has 0 aromatic heterocycles. The van der Waals surface area contributed by atoms with Crippen LogP contribution >= 0.6 is 15.9 Å². The molecule has 1 saturated heterocycles. The zero-order valence-corrected chi connectivity index (χ0v) is 12.0. The van der Waals surface area contributed by atoms with Gasteiger partial charge in [0, 0.05) is 17.4 Å². The Morgan fingerprint density at radius 3 is 2.84 bits per heavy atom. The Bertz CT molecular complexity index is 484. The van der Waals surface area contributed by atoms with Crippen LogP contribution in [0.25, 0.3) is 0 Å². The van der Waals surface area contributed by atoms with Gasteiger partial charge in [-0.2, -0.15) is 0 Å². The number of hydrogen-bond acceptors (Lipinski definition) is 2. The number of ether oxygens (including phenoxy) is 1. The van der Waals surface area contributed by atoms with Crippen LogP contribution in [0.4, 0.5) is 8.78 Å². The van der Waals surface area contributed by atoms with Crippen molar-refractivity contribution < 1.29 is 18.3 Å². The third kappa shape index (κ3) is 3.12. The van der Waals surface area contributed by atoms with E-state index in [1.807, 2.05) is 6.92 Å². The first kappa shape index (κ1) is 14.4. The summed E-state index contributed by atoms with van der Waals surface area (Å²) in [7, 11) is 0. The van der Waals surface area contributed by atoms with Gasteiger partial charge in [0.05, 0.1) is 18.8 Å². The van der Waals surface area contributed by atoms with Crippen molar-refractivity contribution in [2.75, 3.05) is 18.5 Å². The van der Waals surface area contributed by atoms with Crippen molar-refractivity contribution in [1.29, 1.82) is 0 Å². The molecule has 2 atom stereocenters. The largest absolute Gasteiger partial charge is 0.373 e. The normalized spacial score (nSPS) is 23.5. The molecule has 19 heavy (non-hydrogen) atoms. The maximum atomic E-state index is 13.2. The van der Waals surface area contributed by atoms with Crippen molar-refractivity contribution in [2.24, 2.45) is 0 Å². The van der Waals surface area contributed by atoms with E-state index >= 15 is 0 Å². The van der Waals surface area contributed by atoms with Gasteiger partial charge in [0.2, 0.25) is 0 Å². The monoisotopic (exact) mass is 333 g/mol. The Balaban J connectivity index is 2.19. The highest BCUT2D eigenvalue weighted by molar-refractivity contribution is 9.09. The fraction of sp³-hybridized carbons (Fsp3) is 0.462. The lowest BCUT2D eigenvalue weighted by atomic mass is 10.1. The van der Waals surface area contributed by atoms with Crippen LogP contribution < -0.4 is 0 Å². The van der Waals surface area contributed by atoms with E-state index in [2.05, 4.69) is 15.9 Å². The minimum absolute atomic E-state index is 0.0783. The summed E-state index contributed by atoms with van der Waals surface area (Å²) in [5.41, 5.74) is 0.154. The maximum Gasteiger partial charge on any atom is 0.254 e. The van der Waals surface area contributed by atoms with Gasteiger partial charge in [-0.05, 0) is 25.1 Å². The van der Waals surface area contributed by atoms with Gasteiger partial charge in [0.1, 0.15) is 0 Å². The molecular weight excluding hydrogens is 320 g/mol. The van der Waals surface area contributed by atoms with Crippen LogP contribution in [-0.4, -0.2) is 41.4 Å². The van der Waals surface area contributed by atoms with E-state index < -0.39 is 11.6 Å². The van der Waals surface area contributed by atoms with Crippen molar-refractivity contribution in [3.63, 3.8) is 0 Å². The molecule has 2 rings (SSSR count). The summed E-state index contributed by atoms with van der Waals surface area (Å²) in [5.74, 6) is -2.27. The van der Waals surface area contributed by atoms with Gasteiger partial charge >= 0.3 is 0 Å². The van der Waals surface area contributed by atoms with Gasteiger partial charge in [-0.3, -0.25) is 4.79 Å². The summed E-state index contributed by atoms with van der Waals surface area (Å²) in [5, 5.41) is 0.626. The molecule has 3 nitrogen and oxygen atoms in total. The van der Waals surface area contributed by atoms with E-state index in [-0.39, 0.29) is 23.6 Å². The number of carbonyl (C=O) groups is 1. The second kappa shape index (κ2) is 5.96. The lowest BCUT2D eigenvalue weighted by Crippen LogP contribution is -2.51. The first-order valence-corrected chi connectivity index (χ1v) is 7.08. The minimum Gasteiger partial charge on any atom is -0.373 e. The second-order valence-electron chi connectivity index (χ2n) is 4.55. The molecule has 104 valence electrons. The molecule has 0 spiro atoms. The van der Waals surface area contributed by atoms with E-state index in [1.165, 1.54) is 6.07 Å². The quantitative estimate of drug-likeness (QED) is 0.778. The van der Waals surface area contributed by atoms with Gasteiger partial charge in [-0.25, -0.2) is 8.78 Å². The highest BCUT2D eigenvalue weighted by atomic mass is 79.9. The molecule has 2 unspecified atom stereocenters. The predicted molar refractivity (Wildman–Crippen MR) is 70.4 cm³/mol. The van der Waals surface area contributed by atoms with Crippen molar-refractivity contribution in [1.82, 2.24) is 4.90 Å². The molecule has 0 radical (unpaired) electrons. The third-order valence-corrected chi connectivity index (χ3v) is 3.83. The zero-order chi connectivity index (χ0) is 14.0. The molecule has 1 aromatic rings. The lowest BCUT2D eigenvalue weighted by Gasteiger charge is -2.37. The van der Waals surface area contributed by atoms with Crippen LogP contribution in [0.5, 0.6) is 0 Å². The van der Waals surface area contributed by atoms with Crippen molar-refractivity contribution in [3.05, 3.63) is 35.4 Å². The van der Waals surface area contributed by atoms with Crippen LogP contribution in [0.15, 0.2) is 18.2 Å². The number of amides is 1. The molecule has 1 fully saturated rings. The molecule has 1 amide bonds. The van der Waals surface area contributed by atoms with Gasteiger partial charge in [0.15, 0.2) is 11.6 Å². The molecule has 1 aliphatic rings. The van der Waals surface area contributed by atoms with E-state index in [1.54, 1.807) is 4.90 Å². The Labute approximate surface area is 118 Å². The van der Waals surface area contributed by atoms with Gasteiger partial charge < -0.3 is 9.64 Å². The molecule has 0 saturated carbocycles. The average Bonchev–Trinajstić information content (AvgIpc) is 2.41. The van der Waals surface area contributed by atoms with Crippen LogP contribution in [0.2, 0.25) is 0 Å². The van der Waals surface area contributed by atoms with Crippen molar-refractivity contribution in [2.45, 2.75) is 19.1 Å². The Morgan fingerprint density at radius 1 is 1.47 bits per heavy atom. The van der Waals surface area contributed by atoms with Crippen LogP contribution in [0, 0.1) is 11.6 Å². The van der Waals surface area contributed by atoms with Crippen LogP contribution in [0.1, 0.15) is 17.3 Å². The predicted octanol–water partition coefficient (Wildman–Crippen LogP) is 2.59. The highest BCUT2D eigenvalue weighted by Gasteiger charge is 2.30. The van der Waals surface area contributed by atoms with Crippen molar-refractivity contribution >= 4 is 21.8 Å². The summed E-state index contributed by atoms with van der Waals surface area (Å²) in [6.45, 7) is 2.73. The van der Waals surface area contributed by atoms with Crippen LogP contribution in [-0.2, 0) is 4.74 Å². The number of benzene rings is 1. The summed E-state index contributed by atoms with van der Waals surface area (Å²) < 4.78 is 31.6. The minimum atomic E-state index is -1.01. The van der Waals surface area contributed by atoms with E-state index in [9.17, 15) is 13.6 Å². The van der Waals surface area contributed by atoms with Crippen LogP contribution in [0.3, 0.4) is 0 Å². The molecule has 6 heteroatoms. The fourth-order valence-electron chi connectivity index (χ4n) is 1.99. The molecule has 0 bridgehead atoms. The first-order chi connectivity index (χ1) is 9.02. The number of halogens is 3. The molecule has 1 aliphatic heterocycles. The van der Waals surface area contributed by atoms with Gasteiger partial charge in [-0.15, -0.1) is 0 Å². The summed E-state index contributed by atoms with van der Waals surface area (Å²) >= 11 is 3.31. The summed E-state index contributed by atoms with van der Waals surface area (Å²) in [4.78, 5) is 13.9. The van der Waals surface area contributed by atoms with E-state index in [0.29, 0.717) is 18.5 Å². The second-order valence-corrected chi connectivity index (χ2v) is 5.19. The first-order valence-electron chi connectivity index (χ1n) is 5.96. The highest BCUT2D eigenvalue weighted by Crippen LogP contribution is 2.18.